The van der Waals surface area contributed by atoms with Gasteiger partial charge in [-0.25, -0.2) is 18.1 Å². The highest BCUT2D eigenvalue weighted by Gasteiger charge is 2.47. The first-order valence-corrected chi connectivity index (χ1v) is 12.3. The lowest BCUT2D eigenvalue weighted by molar-refractivity contribution is -0.119. The molecule has 1 atom stereocenters. The molecule has 2 fully saturated rings. The van der Waals surface area contributed by atoms with Gasteiger partial charge in [0.05, 0.1) is 29.4 Å². The Labute approximate surface area is 204 Å². The fourth-order valence-corrected chi connectivity index (χ4v) is 4.69. The van der Waals surface area contributed by atoms with Gasteiger partial charge in [-0.15, -0.1) is 0 Å². The van der Waals surface area contributed by atoms with E-state index in [1.807, 2.05) is 0 Å². The third-order valence-corrected chi connectivity index (χ3v) is 7.48. The van der Waals surface area contributed by atoms with Crippen LogP contribution >= 0.6 is 0 Å². The normalized spacial score (nSPS) is 19.2. The Morgan fingerprint density at radius 1 is 1.11 bits per heavy atom. The Bertz CT molecular complexity index is 1290. The van der Waals surface area contributed by atoms with Gasteiger partial charge in [0.25, 0.3) is 21.7 Å². The molecular weight excluding hydrogens is 505 g/mol. The highest BCUT2D eigenvalue weighted by atomic mass is 32.2. The molecule has 4 amide bonds. The number of urea groups is 1. The van der Waals surface area contributed by atoms with E-state index in [0.717, 1.165) is 17.0 Å². The fraction of sp³-hybridized carbons (Fsp3) is 0.364. The number of halogens is 3. The second-order valence-corrected chi connectivity index (χ2v) is 10.1. The van der Waals surface area contributed by atoms with Crippen LogP contribution < -0.4 is 4.90 Å². The molecule has 3 heterocycles. The van der Waals surface area contributed by atoms with Gasteiger partial charge in [0, 0.05) is 32.0 Å². The highest BCUT2D eigenvalue weighted by Crippen LogP contribution is 2.33. The first-order chi connectivity index (χ1) is 16.9. The molecule has 0 spiro atoms. The Hall–Kier alpha value is -3.52. The average molecular weight is 526 g/mol. The average Bonchev–Trinajstić information content (AvgIpc) is 3.07. The molecule has 10 nitrogen and oxygen atoms in total. The first-order valence-electron chi connectivity index (χ1n) is 10.8. The molecule has 1 aromatic carbocycles. The standard InChI is InChI=1S/C22H21F3N4O6S/c1-14-19(30)29(16-2-4-17(5-3-16)36(33,34)22(23,24)25)21(32)28(14)13-15-6-7-26-12-18(15)20(31)27-8-10-35-11-9-27/h2-7,12,14H,8-11,13H2,1H3. The number of pyridine rings is 1. The number of imide groups is 1. The summed E-state index contributed by atoms with van der Waals surface area (Å²) in [6.07, 6.45) is 2.84. The van der Waals surface area contributed by atoms with Crippen molar-refractivity contribution in [2.24, 2.45) is 0 Å². The number of amides is 4. The number of nitrogens with zero attached hydrogens (tertiary/aromatic N) is 4. The third kappa shape index (κ3) is 4.53. The monoisotopic (exact) mass is 526 g/mol. The molecule has 0 radical (unpaired) electrons. The summed E-state index contributed by atoms with van der Waals surface area (Å²) in [5, 5.41) is 0. The summed E-state index contributed by atoms with van der Waals surface area (Å²) in [5.74, 6) is -0.938. The SMILES string of the molecule is CC1C(=O)N(c2ccc(S(=O)(=O)C(F)(F)F)cc2)C(=O)N1Cc1ccncc1C(=O)N1CCOCC1. The predicted molar refractivity (Wildman–Crippen MR) is 119 cm³/mol. The molecule has 0 aliphatic carbocycles. The number of sulfone groups is 1. The first kappa shape index (κ1) is 25.6. The third-order valence-electron chi connectivity index (χ3n) is 5.97. The lowest BCUT2D eigenvalue weighted by Crippen LogP contribution is -2.41. The van der Waals surface area contributed by atoms with Crippen molar-refractivity contribution in [1.82, 2.24) is 14.8 Å². The minimum atomic E-state index is -5.58. The maximum Gasteiger partial charge on any atom is 0.501 e. The molecule has 2 aliphatic heterocycles. The minimum Gasteiger partial charge on any atom is -0.378 e. The Morgan fingerprint density at radius 3 is 2.36 bits per heavy atom. The Kier molecular flexibility index (Phi) is 6.75. The van der Waals surface area contributed by atoms with Crippen LogP contribution in [0.15, 0.2) is 47.6 Å². The highest BCUT2D eigenvalue weighted by molar-refractivity contribution is 7.92. The van der Waals surface area contributed by atoms with Crippen LogP contribution in [0.3, 0.4) is 0 Å². The summed E-state index contributed by atoms with van der Waals surface area (Å²) >= 11 is 0. The molecule has 2 aromatic rings. The van der Waals surface area contributed by atoms with Crippen molar-refractivity contribution in [3.63, 3.8) is 0 Å². The second-order valence-electron chi connectivity index (χ2n) is 8.14. The van der Waals surface area contributed by atoms with Crippen LogP contribution in [-0.2, 0) is 25.9 Å². The number of benzene rings is 1. The van der Waals surface area contributed by atoms with E-state index < -0.39 is 38.2 Å². The van der Waals surface area contributed by atoms with Crippen molar-refractivity contribution in [3.8, 4) is 0 Å². The summed E-state index contributed by atoms with van der Waals surface area (Å²) in [4.78, 5) is 45.6. The van der Waals surface area contributed by atoms with Crippen molar-refractivity contribution in [3.05, 3.63) is 53.9 Å². The molecule has 2 saturated heterocycles. The molecule has 1 aromatic heterocycles. The predicted octanol–water partition coefficient (Wildman–Crippen LogP) is 2.20. The number of aromatic nitrogens is 1. The van der Waals surface area contributed by atoms with Crippen LogP contribution in [0.4, 0.5) is 23.7 Å². The van der Waals surface area contributed by atoms with Gasteiger partial charge in [0.2, 0.25) is 0 Å². The van der Waals surface area contributed by atoms with Gasteiger partial charge < -0.3 is 14.5 Å². The van der Waals surface area contributed by atoms with Crippen LogP contribution in [-0.4, -0.2) is 78.9 Å². The van der Waals surface area contributed by atoms with Crippen molar-refractivity contribution in [2.75, 3.05) is 31.2 Å². The molecule has 1 unspecified atom stereocenters. The molecule has 2 aliphatic rings. The van der Waals surface area contributed by atoms with Crippen LogP contribution in [0.25, 0.3) is 0 Å². The van der Waals surface area contributed by atoms with E-state index in [-0.39, 0.29) is 23.7 Å². The molecule has 192 valence electrons. The van der Waals surface area contributed by atoms with Crippen LogP contribution in [0.5, 0.6) is 0 Å². The van der Waals surface area contributed by atoms with E-state index >= 15 is 0 Å². The maximum absolute atomic E-state index is 13.2. The molecule has 0 bridgehead atoms. The maximum atomic E-state index is 13.2. The minimum absolute atomic E-state index is 0.0835. The quantitative estimate of drug-likeness (QED) is 0.549. The second kappa shape index (κ2) is 9.50. The number of ether oxygens (including phenoxy) is 1. The smallest absolute Gasteiger partial charge is 0.378 e. The van der Waals surface area contributed by atoms with E-state index in [1.54, 1.807) is 11.0 Å². The van der Waals surface area contributed by atoms with Crippen molar-refractivity contribution in [2.45, 2.75) is 29.9 Å². The van der Waals surface area contributed by atoms with Gasteiger partial charge >= 0.3 is 11.5 Å². The van der Waals surface area contributed by atoms with Crippen molar-refractivity contribution >= 4 is 33.4 Å². The van der Waals surface area contributed by atoms with Gasteiger partial charge in [-0.2, -0.15) is 13.2 Å². The zero-order chi connectivity index (χ0) is 26.3. The van der Waals surface area contributed by atoms with E-state index in [2.05, 4.69) is 4.98 Å². The van der Waals surface area contributed by atoms with E-state index in [1.165, 1.54) is 24.2 Å². The van der Waals surface area contributed by atoms with Gasteiger partial charge in [0.1, 0.15) is 6.04 Å². The molecule has 14 heteroatoms. The molecule has 36 heavy (non-hydrogen) atoms. The zero-order valence-electron chi connectivity index (χ0n) is 18.9. The van der Waals surface area contributed by atoms with Crippen LogP contribution in [0.1, 0.15) is 22.8 Å². The lowest BCUT2D eigenvalue weighted by Gasteiger charge is -2.28. The topological polar surface area (TPSA) is 117 Å². The number of morpholine rings is 1. The van der Waals surface area contributed by atoms with Crippen molar-refractivity contribution < 1.29 is 40.7 Å². The van der Waals surface area contributed by atoms with E-state index in [0.29, 0.717) is 44.0 Å². The number of hydrogen-bond acceptors (Lipinski definition) is 7. The lowest BCUT2D eigenvalue weighted by atomic mass is 10.1. The van der Waals surface area contributed by atoms with Gasteiger partial charge in [-0.1, -0.05) is 0 Å². The number of rotatable bonds is 5. The number of alkyl halides is 3. The summed E-state index contributed by atoms with van der Waals surface area (Å²) in [6.45, 7) is 2.98. The van der Waals surface area contributed by atoms with Crippen LogP contribution in [0, 0.1) is 0 Å². The largest absolute Gasteiger partial charge is 0.501 e. The Morgan fingerprint density at radius 2 is 1.75 bits per heavy atom. The zero-order valence-corrected chi connectivity index (χ0v) is 19.8. The molecule has 0 saturated carbocycles. The van der Waals surface area contributed by atoms with Crippen molar-refractivity contribution in [1.29, 1.82) is 0 Å². The van der Waals surface area contributed by atoms with Crippen LogP contribution in [0.2, 0.25) is 0 Å². The molecule has 0 N–H and O–H groups in total. The van der Waals surface area contributed by atoms with Gasteiger partial charge in [0.15, 0.2) is 0 Å². The number of carbonyl (C=O) groups excluding carboxylic acids is 3. The van der Waals surface area contributed by atoms with Gasteiger partial charge in [-0.3, -0.25) is 14.6 Å². The fourth-order valence-electron chi connectivity index (χ4n) is 3.93. The number of anilines is 1. The van der Waals surface area contributed by atoms with E-state index in [9.17, 15) is 36.0 Å². The summed E-state index contributed by atoms with van der Waals surface area (Å²) < 4.78 is 66.9. The number of hydrogen-bond donors (Lipinski definition) is 0. The number of carbonyl (C=O) groups is 3. The summed E-state index contributed by atoms with van der Waals surface area (Å²) in [6, 6.07) is 3.16. The Balaban J connectivity index is 1.58. The molecular formula is C22H21F3N4O6S. The van der Waals surface area contributed by atoms with Gasteiger partial charge in [-0.05, 0) is 42.8 Å². The summed E-state index contributed by atoms with van der Waals surface area (Å²) in [5.41, 5.74) is -4.84. The summed E-state index contributed by atoms with van der Waals surface area (Å²) in [7, 11) is -5.58. The molecule has 4 rings (SSSR count). The van der Waals surface area contributed by atoms with E-state index in [4.69, 9.17) is 4.74 Å².